The van der Waals surface area contributed by atoms with E-state index in [1.54, 1.807) is 6.92 Å². The van der Waals surface area contributed by atoms with Crippen LogP contribution in [0.4, 0.5) is 0 Å². The molecule has 1 atom stereocenters. The zero-order valence-electron chi connectivity index (χ0n) is 10.2. The fourth-order valence-corrected chi connectivity index (χ4v) is 7.28. The normalized spacial score (nSPS) is 23.0. The quantitative estimate of drug-likeness (QED) is 0.832. The molecule has 0 radical (unpaired) electrons. The molecule has 5 nitrogen and oxygen atoms in total. The van der Waals surface area contributed by atoms with Gasteiger partial charge in [0.2, 0.25) is 0 Å². The Morgan fingerprint density at radius 3 is 2.58 bits per heavy atom. The van der Waals surface area contributed by atoms with E-state index in [1.165, 1.54) is 16.4 Å². The summed E-state index contributed by atoms with van der Waals surface area (Å²) in [5.74, 6) is -0.0476. The monoisotopic (exact) mass is 343 g/mol. The predicted octanol–water partition coefficient (Wildman–Crippen LogP) is 1.60. The SMILES string of the molecule is CCN([C@H]1CCS(=O)(=O)C1)S(=O)(=O)c1ccc(Cl)s1. The molecule has 2 rings (SSSR count). The molecule has 1 fully saturated rings. The van der Waals surface area contributed by atoms with E-state index in [4.69, 9.17) is 11.6 Å². The van der Waals surface area contributed by atoms with Crippen molar-refractivity contribution in [2.75, 3.05) is 18.1 Å². The van der Waals surface area contributed by atoms with Crippen LogP contribution in [0.2, 0.25) is 4.34 Å². The van der Waals surface area contributed by atoms with Crippen LogP contribution in [0.1, 0.15) is 13.3 Å². The summed E-state index contributed by atoms with van der Waals surface area (Å²) in [6.45, 7) is 1.95. The zero-order valence-corrected chi connectivity index (χ0v) is 13.4. The molecule has 19 heavy (non-hydrogen) atoms. The van der Waals surface area contributed by atoms with E-state index in [9.17, 15) is 16.8 Å². The van der Waals surface area contributed by atoms with E-state index in [1.807, 2.05) is 0 Å². The van der Waals surface area contributed by atoms with Crippen LogP contribution in [0.3, 0.4) is 0 Å². The molecule has 1 aromatic heterocycles. The zero-order chi connectivity index (χ0) is 14.3. The minimum absolute atomic E-state index is 0.0505. The Bertz CT molecular complexity index is 665. The van der Waals surface area contributed by atoms with Gasteiger partial charge in [-0.05, 0) is 18.6 Å². The molecule has 0 amide bonds. The molecule has 0 saturated carbocycles. The summed E-state index contributed by atoms with van der Waals surface area (Å²) in [5.41, 5.74) is 0. The average Bonchev–Trinajstić information content (AvgIpc) is 2.86. The first-order chi connectivity index (χ1) is 8.76. The van der Waals surface area contributed by atoms with Gasteiger partial charge in [-0.1, -0.05) is 18.5 Å². The Labute approximate surface area is 122 Å². The van der Waals surface area contributed by atoms with Gasteiger partial charge < -0.3 is 0 Å². The van der Waals surface area contributed by atoms with E-state index < -0.39 is 25.9 Å². The molecule has 1 aliphatic heterocycles. The molecule has 1 aliphatic rings. The lowest BCUT2D eigenvalue weighted by molar-refractivity contribution is 0.355. The fraction of sp³-hybridized carbons (Fsp3) is 0.600. The molecule has 0 aromatic carbocycles. The number of halogens is 1. The molecule has 1 aromatic rings. The maximum absolute atomic E-state index is 12.5. The first-order valence-corrected chi connectivity index (χ1v) is 10.2. The molecule has 0 spiro atoms. The first-order valence-electron chi connectivity index (χ1n) is 5.74. The lowest BCUT2D eigenvalue weighted by atomic mass is 10.3. The Morgan fingerprint density at radius 1 is 1.47 bits per heavy atom. The van der Waals surface area contributed by atoms with Crippen LogP contribution in [0.5, 0.6) is 0 Å². The van der Waals surface area contributed by atoms with Gasteiger partial charge in [-0.15, -0.1) is 11.3 Å². The Hall–Kier alpha value is -0.150. The number of hydrogen-bond donors (Lipinski definition) is 0. The topological polar surface area (TPSA) is 71.5 Å². The van der Waals surface area contributed by atoms with Gasteiger partial charge in [-0.25, -0.2) is 16.8 Å². The molecule has 9 heteroatoms. The Balaban J connectivity index is 2.32. The van der Waals surface area contributed by atoms with Crippen LogP contribution in [-0.2, 0) is 19.9 Å². The van der Waals surface area contributed by atoms with Gasteiger partial charge in [0.15, 0.2) is 9.84 Å². The molecule has 2 heterocycles. The second-order valence-electron chi connectivity index (χ2n) is 4.32. The third-order valence-corrected chi connectivity index (χ3v) is 8.52. The second kappa shape index (κ2) is 5.33. The highest BCUT2D eigenvalue weighted by molar-refractivity contribution is 7.92. The Morgan fingerprint density at radius 2 is 2.16 bits per heavy atom. The van der Waals surface area contributed by atoms with E-state index in [0.717, 1.165) is 11.3 Å². The lowest BCUT2D eigenvalue weighted by Crippen LogP contribution is -2.40. The van der Waals surface area contributed by atoms with Crippen LogP contribution in [0, 0.1) is 0 Å². The van der Waals surface area contributed by atoms with Crippen molar-refractivity contribution in [3.63, 3.8) is 0 Å². The molecular weight excluding hydrogens is 330 g/mol. The summed E-state index contributed by atoms with van der Waals surface area (Å²) in [6.07, 6.45) is 0.356. The van der Waals surface area contributed by atoms with Gasteiger partial charge in [-0.3, -0.25) is 0 Å². The van der Waals surface area contributed by atoms with Gasteiger partial charge in [0.1, 0.15) is 4.21 Å². The maximum Gasteiger partial charge on any atom is 0.252 e. The molecule has 108 valence electrons. The average molecular weight is 344 g/mol. The molecule has 0 bridgehead atoms. The van der Waals surface area contributed by atoms with Crippen LogP contribution >= 0.6 is 22.9 Å². The number of sulfone groups is 1. The summed E-state index contributed by atoms with van der Waals surface area (Å²) in [5, 5.41) is 0. The van der Waals surface area contributed by atoms with Crippen molar-refractivity contribution in [2.45, 2.75) is 23.6 Å². The van der Waals surface area contributed by atoms with E-state index in [-0.39, 0.29) is 22.3 Å². The van der Waals surface area contributed by atoms with Gasteiger partial charge in [0, 0.05) is 12.6 Å². The third kappa shape index (κ3) is 3.13. The van der Waals surface area contributed by atoms with Crippen molar-refractivity contribution >= 4 is 42.8 Å². The highest BCUT2D eigenvalue weighted by Crippen LogP contribution is 2.31. The summed E-state index contributed by atoms with van der Waals surface area (Å²) in [4.78, 5) is 0. The van der Waals surface area contributed by atoms with E-state index in [2.05, 4.69) is 0 Å². The van der Waals surface area contributed by atoms with Crippen LogP contribution in [0.15, 0.2) is 16.3 Å². The number of rotatable bonds is 4. The van der Waals surface area contributed by atoms with Crippen LogP contribution in [-0.4, -0.2) is 45.2 Å². The first kappa shape index (κ1) is 15.2. The van der Waals surface area contributed by atoms with Crippen LogP contribution < -0.4 is 0 Å². The fourth-order valence-electron chi connectivity index (χ4n) is 2.18. The second-order valence-corrected chi connectivity index (χ2v) is 10.4. The highest BCUT2D eigenvalue weighted by Gasteiger charge is 2.38. The van der Waals surface area contributed by atoms with Crippen molar-refractivity contribution in [1.29, 1.82) is 0 Å². The standard InChI is InChI=1S/C10H14ClNO4S3/c1-2-12(8-5-6-18(13,14)7-8)19(15,16)10-4-3-9(11)17-10/h3-4,8H,2,5-7H2,1H3/t8-/m0/s1. The maximum atomic E-state index is 12.5. The van der Waals surface area contributed by atoms with Crippen LogP contribution in [0.25, 0.3) is 0 Å². The minimum Gasteiger partial charge on any atom is -0.229 e. The van der Waals surface area contributed by atoms with Crippen molar-refractivity contribution in [1.82, 2.24) is 4.31 Å². The minimum atomic E-state index is -3.66. The van der Waals surface area contributed by atoms with Gasteiger partial charge >= 0.3 is 0 Å². The predicted molar refractivity (Wildman–Crippen MR) is 76.0 cm³/mol. The van der Waals surface area contributed by atoms with Crippen molar-refractivity contribution in [3.8, 4) is 0 Å². The van der Waals surface area contributed by atoms with E-state index >= 15 is 0 Å². The van der Waals surface area contributed by atoms with Crippen molar-refractivity contribution in [2.24, 2.45) is 0 Å². The number of nitrogens with zero attached hydrogens (tertiary/aromatic N) is 1. The van der Waals surface area contributed by atoms with Gasteiger partial charge in [0.05, 0.1) is 15.8 Å². The molecular formula is C10H14ClNO4S3. The number of hydrogen-bond acceptors (Lipinski definition) is 5. The summed E-state index contributed by atoms with van der Waals surface area (Å²) in [6, 6.07) is 2.51. The van der Waals surface area contributed by atoms with E-state index in [0.29, 0.717) is 10.8 Å². The molecule has 0 unspecified atom stereocenters. The third-order valence-electron chi connectivity index (χ3n) is 3.04. The number of thiophene rings is 1. The number of sulfonamides is 1. The van der Waals surface area contributed by atoms with Crippen molar-refractivity contribution in [3.05, 3.63) is 16.5 Å². The lowest BCUT2D eigenvalue weighted by Gasteiger charge is -2.25. The summed E-state index contributed by atoms with van der Waals surface area (Å²) < 4.78 is 49.7. The molecule has 0 N–H and O–H groups in total. The van der Waals surface area contributed by atoms with Gasteiger partial charge in [-0.2, -0.15) is 4.31 Å². The van der Waals surface area contributed by atoms with Gasteiger partial charge in [0.25, 0.3) is 10.0 Å². The highest BCUT2D eigenvalue weighted by atomic mass is 35.5. The molecule has 0 aliphatic carbocycles. The summed E-state index contributed by atoms with van der Waals surface area (Å²) >= 11 is 6.74. The Kier molecular flexibility index (Phi) is 4.27. The summed E-state index contributed by atoms with van der Waals surface area (Å²) in [7, 11) is -6.78. The largest absolute Gasteiger partial charge is 0.252 e. The van der Waals surface area contributed by atoms with Crippen molar-refractivity contribution < 1.29 is 16.8 Å². The molecule has 1 saturated heterocycles. The smallest absolute Gasteiger partial charge is 0.229 e.